The number of ether oxygens (including phenoxy) is 1. The Morgan fingerprint density at radius 1 is 1.33 bits per heavy atom. The highest BCUT2D eigenvalue weighted by Crippen LogP contribution is 2.36. The summed E-state index contributed by atoms with van der Waals surface area (Å²) < 4.78 is 4.76. The first-order valence-electron chi connectivity index (χ1n) is 4.30. The first-order valence-corrected chi connectivity index (χ1v) is 4.30. The molecule has 5 heteroatoms. The highest BCUT2D eigenvalue weighted by Gasteiger charge is 2.19. The molecule has 1 atom stereocenters. The van der Waals surface area contributed by atoms with Gasteiger partial charge in [-0.2, -0.15) is 0 Å². The van der Waals surface area contributed by atoms with Crippen molar-refractivity contribution in [2.24, 2.45) is 0 Å². The number of aliphatic carboxylic acids is 1. The van der Waals surface area contributed by atoms with E-state index in [1.165, 1.54) is 26.2 Å². The van der Waals surface area contributed by atoms with Crippen LogP contribution in [0.25, 0.3) is 0 Å². The quantitative estimate of drug-likeness (QED) is 0.657. The van der Waals surface area contributed by atoms with Gasteiger partial charge in [0, 0.05) is 11.6 Å². The SMILES string of the molecule is COc1cc(O)c(C(C)C(=O)O)cc1O. The monoisotopic (exact) mass is 212 g/mol. The van der Waals surface area contributed by atoms with Gasteiger partial charge in [0.05, 0.1) is 13.0 Å². The van der Waals surface area contributed by atoms with Crippen molar-refractivity contribution in [3.63, 3.8) is 0 Å². The lowest BCUT2D eigenvalue weighted by Gasteiger charge is -2.11. The van der Waals surface area contributed by atoms with E-state index >= 15 is 0 Å². The minimum atomic E-state index is -1.07. The second-order valence-corrected chi connectivity index (χ2v) is 3.14. The second-order valence-electron chi connectivity index (χ2n) is 3.14. The van der Waals surface area contributed by atoms with Crippen LogP contribution in [0.5, 0.6) is 17.2 Å². The van der Waals surface area contributed by atoms with Gasteiger partial charge in [0.2, 0.25) is 0 Å². The molecule has 0 aliphatic rings. The van der Waals surface area contributed by atoms with Gasteiger partial charge < -0.3 is 20.1 Å². The second kappa shape index (κ2) is 4.08. The van der Waals surface area contributed by atoms with Crippen LogP contribution < -0.4 is 4.74 Å². The van der Waals surface area contributed by atoms with Crippen LogP contribution in [0.4, 0.5) is 0 Å². The van der Waals surface area contributed by atoms with E-state index in [9.17, 15) is 15.0 Å². The first-order chi connectivity index (χ1) is 6.97. The number of benzene rings is 1. The number of phenolic OH excluding ortho intramolecular Hbond substituents is 2. The van der Waals surface area contributed by atoms with Crippen molar-refractivity contribution < 1.29 is 24.9 Å². The molecule has 0 heterocycles. The summed E-state index contributed by atoms with van der Waals surface area (Å²) in [4.78, 5) is 10.7. The lowest BCUT2D eigenvalue weighted by molar-refractivity contribution is -0.138. The Balaban J connectivity index is 3.21. The molecule has 82 valence electrons. The van der Waals surface area contributed by atoms with Crippen LogP contribution in [0.1, 0.15) is 18.4 Å². The molecule has 15 heavy (non-hydrogen) atoms. The van der Waals surface area contributed by atoms with Gasteiger partial charge in [-0.15, -0.1) is 0 Å². The number of carboxylic acid groups (broad SMARTS) is 1. The van der Waals surface area contributed by atoms with Crippen LogP contribution in [-0.4, -0.2) is 28.4 Å². The van der Waals surface area contributed by atoms with Crippen LogP contribution in [0.2, 0.25) is 0 Å². The Kier molecular flexibility index (Phi) is 3.04. The van der Waals surface area contributed by atoms with Crippen LogP contribution in [0.15, 0.2) is 12.1 Å². The van der Waals surface area contributed by atoms with E-state index in [1.54, 1.807) is 0 Å². The molecule has 0 bridgehead atoms. The number of carboxylic acids is 1. The number of carbonyl (C=O) groups is 1. The molecule has 0 radical (unpaired) electrons. The first kappa shape index (κ1) is 11.2. The minimum absolute atomic E-state index is 0.105. The zero-order valence-electron chi connectivity index (χ0n) is 8.39. The van der Waals surface area contributed by atoms with Gasteiger partial charge in [0.1, 0.15) is 5.75 Å². The van der Waals surface area contributed by atoms with Crippen LogP contribution in [-0.2, 0) is 4.79 Å². The molecular weight excluding hydrogens is 200 g/mol. The maximum atomic E-state index is 10.7. The van der Waals surface area contributed by atoms with Gasteiger partial charge in [-0.3, -0.25) is 4.79 Å². The summed E-state index contributed by atoms with van der Waals surface area (Å²) in [5, 5.41) is 27.7. The Morgan fingerprint density at radius 2 is 1.93 bits per heavy atom. The zero-order chi connectivity index (χ0) is 11.6. The molecule has 0 aliphatic carbocycles. The van der Waals surface area contributed by atoms with Gasteiger partial charge in [-0.25, -0.2) is 0 Å². The van der Waals surface area contributed by atoms with E-state index in [4.69, 9.17) is 9.84 Å². The van der Waals surface area contributed by atoms with Crippen molar-refractivity contribution in [1.29, 1.82) is 0 Å². The van der Waals surface area contributed by atoms with Crippen molar-refractivity contribution in [2.45, 2.75) is 12.8 Å². The molecule has 1 aromatic carbocycles. The molecule has 1 aromatic rings. The number of hydrogen-bond donors (Lipinski definition) is 3. The fourth-order valence-electron chi connectivity index (χ4n) is 1.22. The average molecular weight is 212 g/mol. The molecule has 0 saturated carbocycles. The van der Waals surface area contributed by atoms with Crippen molar-refractivity contribution in [3.05, 3.63) is 17.7 Å². The van der Waals surface area contributed by atoms with Gasteiger partial charge in [-0.05, 0) is 13.0 Å². The summed E-state index contributed by atoms with van der Waals surface area (Å²) in [6.45, 7) is 1.42. The number of rotatable bonds is 3. The summed E-state index contributed by atoms with van der Waals surface area (Å²) in [5.41, 5.74) is 0.154. The van der Waals surface area contributed by atoms with E-state index < -0.39 is 11.9 Å². The van der Waals surface area contributed by atoms with Crippen molar-refractivity contribution >= 4 is 5.97 Å². The van der Waals surface area contributed by atoms with Crippen molar-refractivity contribution in [2.75, 3.05) is 7.11 Å². The van der Waals surface area contributed by atoms with Crippen molar-refractivity contribution in [1.82, 2.24) is 0 Å². The summed E-state index contributed by atoms with van der Waals surface area (Å²) in [7, 11) is 1.34. The van der Waals surface area contributed by atoms with E-state index in [0.29, 0.717) is 0 Å². The fraction of sp³-hybridized carbons (Fsp3) is 0.300. The standard InChI is InChI=1S/C10H12O5/c1-5(10(13)14)6-3-8(12)9(15-2)4-7(6)11/h3-5,11-12H,1-2H3,(H,13,14). The molecule has 3 N–H and O–H groups in total. The van der Waals surface area contributed by atoms with E-state index in [0.717, 1.165) is 0 Å². The molecule has 0 fully saturated rings. The smallest absolute Gasteiger partial charge is 0.310 e. The molecular formula is C10H12O5. The van der Waals surface area contributed by atoms with E-state index in [-0.39, 0.29) is 22.8 Å². The Hall–Kier alpha value is -1.91. The maximum absolute atomic E-state index is 10.7. The highest BCUT2D eigenvalue weighted by molar-refractivity contribution is 5.77. The lowest BCUT2D eigenvalue weighted by Crippen LogP contribution is -2.07. The third-order valence-electron chi connectivity index (χ3n) is 2.17. The fourth-order valence-corrected chi connectivity index (χ4v) is 1.22. The van der Waals surface area contributed by atoms with Crippen molar-refractivity contribution in [3.8, 4) is 17.2 Å². The molecule has 0 amide bonds. The number of phenols is 2. The van der Waals surface area contributed by atoms with Crippen LogP contribution >= 0.6 is 0 Å². The topological polar surface area (TPSA) is 87.0 Å². The van der Waals surface area contributed by atoms with Crippen LogP contribution in [0.3, 0.4) is 0 Å². The highest BCUT2D eigenvalue weighted by atomic mass is 16.5. The lowest BCUT2D eigenvalue weighted by atomic mass is 10.00. The summed E-state index contributed by atoms with van der Waals surface area (Å²) >= 11 is 0. The summed E-state index contributed by atoms with van der Waals surface area (Å²) in [5.74, 6) is -2.26. The van der Waals surface area contributed by atoms with E-state index in [2.05, 4.69) is 0 Å². The van der Waals surface area contributed by atoms with Gasteiger partial charge in [0.25, 0.3) is 0 Å². The predicted octanol–water partition coefficient (Wildman–Crippen LogP) is 1.29. The summed E-state index contributed by atoms with van der Waals surface area (Å²) in [6.07, 6.45) is 0. The molecule has 0 aromatic heterocycles. The Bertz CT molecular complexity index is 386. The van der Waals surface area contributed by atoms with Gasteiger partial charge >= 0.3 is 5.97 Å². The Morgan fingerprint density at radius 3 is 2.40 bits per heavy atom. The number of methoxy groups -OCH3 is 1. The summed E-state index contributed by atoms with van der Waals surface area (Å²) in [6, 6.07) is 2.37. The molecule has 5 nitrogen and oxygen atoms in total. The average Bonchev–Trinajstić information content (AvgIpc) is 2.19. The van der Waals surface area contributed by atoms with Crippen LogP contribution in [0, 0.1) is 0 Å². The molecule has 1 unspecified atom stereocenters. The van der Waals surface area contributed by atoms with Gasteiger partial charge in [0.15, 0.2) is 11.5 Å². The Labute approximate surface area is 86.5 Å². The third-order valence-corrected chi connectivity index (χ3v) is 2.17. The molecule has 1 rings (SSSR count). The minimum Gasteiger partial charge on any atom is -0.507 e. The predicted molar refractivity (Wildman–Crippen MR) is 52.4 cm³/mol. The third kappa shape index (κ3) is 2.12. The normalized spacial score (nSPS) is 12.1. The number of hydrogen-bond acceptors (Lipinski definition) is 4. The molecule has 0 aliphatic heterocycles. The number of aromatic hydroxyl groups is 2. The largest absolute Gasteiger partial charge is 0.507 e. The maximum Gasteiger partial charge on any atom is 0.310 e. The zero-order valence-corrected chi connectivity index (χ0v) is 8.39. The molecule has 0 spiro atoms. The molecule has 0 saturated heterocycles. The van der Waals surface area contributed by atoms with Gasteiger partial charge in [-0.1, -0.05) is 0 Å². The van der Waals surface area contributed by atoms with E-state index in [1.807, 2.05) is 0 Å².